The van der Waals surface area contributed by atoms with Crippen LogP contribution in [0, 0.1) is 0 Å². The Morgan fingerprint density at radius 1 is 1.30 bits per heavy atom. The molecule has 1 aromatic carbocycles. The molecule has 2 rings (SSSR count). The number of nitrogens with two attached hydrogens (primary N) is 1. The lowest BCUT2D eigenvalue weighted by molar-refractivity contribution is -0.142. The third-order valence-electron chi connectivity index (χ3n) is 3.93. The van der Waals surface area contributed by atoms with Crippen LogP contribution in [-0.2, 0) is 9.59 Å². The maximum absolute atomic E-state index is 12.6. The van der Waals surface area contributed by atoms with Crippen molar-refractivity contribution >= 4 is 24.2 Å². The zero-order valence-corrected chi connectivity index (χ0v) is 14.3. The summed E-state index contributed by atoms with van der Waals surface area (Å²) in [6, 6.07) is 9.01. The fourth-order valence-electron chi connectivity index (χ4n) is 2.73. The first-order chi connectivity index (χ1) is 10.6. The Bertz CT molecular complexity index is 508. The Kier molecular flexibility index (Phi) is 8.06. The Hall–Kier alpha value is -1.59. The molecule has 2 unspecified atom stereocenters. The molecule has 0 radical (unpaired) electrons. The van der Waals surface area contributed by atoms with E-state index in [1.165, 1.54) is 0 Å². The average Bonchev–Trinajstić information content (AvgIpc) is 2.50. The number of halogens is 1. The minimum Gasteiger partial charge on any atom is -0.354 e. The zero-order valence-electron chi connectivity index (χ0n) is 13.5. The summed E-state index contributed by atoms with van der Waals surface area (Å²) in [4.78, 5) is 26.6. The van der Waals surface area contributed by atoms with Crippen molar-refractivity contribution in [3.8, 4) is 0 Å². The highest BCUT2D eigenvalue weighted by molar-refractivity contribution is 5.89. The molecule has 0 aliphatic carbocycles. The van der Waals surface area contributed by atoms with E-state index in [9.17, 15) is 9.59 Å². The van der Waals surface area contributed by atoms with Crippen molar-refractivity contribution in [2.24, 2.45) is 5.73 Å². The van der Waals surface area contributed by atoms with Crippen molar-refractivity contribution in [3.63, 3.8) is 0 Å². The van der Waals surface area contributed by atoms with Crippen molar-refractivity contribution in [2.45, 2.75) is 44.7 Å². The van der Waals surface area contributed by atoms with Crippen LogP contribution in [0.5, 0.6) is 0 Å². The molecule has 3 N–H and O–H groups in total. The standard InChI is InChI=1S/C17H25N3O2.ClH/c1-13(18)10-11-19-17(22)16(14-7-3-2-4-8-14)20-12-6-5-9-15(20)21;/h2-4,7-8,13,16H,5-6,9-12,18H2,1H3,(H,19,22);1H. The molecule has 2 atom stereocenters. The topological polar surface area (TPSA) is 75.4 Å². The fourth-order valence-corrected chi connectivity index (χ4v) is 2.73. The summed E-state index contributed by atoms with van der Waals surface area (Å²) in [6.07, 6.45) is 3.10. The second kappa shape index (κ2) is 9.53. The van der Waals surface area contributed by atoms with E-state index in [1.54, 1.807) is 4.90 Å². The summed E-state index contributed by atoms with van der Waals surface area (Å²) < 4.78 is 0. The van der Waals surface area contributed by atoms with Crippen LogP contribution in [0.3, 0.4) is 0 Å². The number of piperidine rings is 1. The van der Waals surface area contributed by atoms with Crippen LogP contribution >= 0.6 is 12.4 Å². The lowest BCUT2D eigenvalue weighted by Gasteiger charge is -2.34. The van der Waals surface area contributed by atoms with E-state index in [4.69, 9.17) is 5.73 Å². The molecule has 1 aromatic rings. The van der Waals surface area contributed by atoms with Crippen LogP contribution in [0.15, 0.2) is 30.3 Å². The molecule has 1 aliphatic heterocycles. The van der Waals surface area contributed by atoms with Gasteiger partial charge in [0.1, 0.15) is 6.04 Å². The van der Waals surface area contributed by atoms with Gasteiger partial charge in [-0.15, -0.1) is 12.4 Å². The number of amides is 2. The number of likely N-dealkylation sites (tertiary alicyclic amines) is 1. The van der Waals surface area contributed by atoms with Crippen LogP contribution in [-0.4, -0.2) is 35.8 Å². The lowest BCUT2D eigenvalue weighted by Crippen LogP contribution is -2.46. The Labute approximate surface area is 144 Å². The molecule has 1 fully saturated rings. The summed E-state index contributed by atoms with van der Waals surface area (Å²) in [7, 11) is 0. The molecule has 2 amide bonds. The Balaban J connectivity index is 0.00000264. The first-order valence-corrected chi connectivity index (χ1v) is 7.97. The maximum Gasteiger partial charge on any atom is 0.247 e. The summed E-state index contributed by atoms with van der Waals surface area (Å²) in [5, 5.41) is 2.92. The van der Waals surface area contributed by atoms with Gasteiger partial charge in [-0.05, 0) is 31.7 Å². The minimum absolute atomic E-state index is 0. The number of hydrogen-bond donors (Lipinski definition) is 2. The molecule has 1 saturated heterocycles. The molecular weight excluding hydrogens is 314 g/mol. The monoisotopic (exact) mass is 339 g/mol. The van der Waals surface area contributed by atoms with E-state index >= 15 is 0 Å². The number of nitrogens with one attached hydrogen (secondary N) is 1. The van der Waals surface area contributed by atoms with Crippen LogP contribution in [0.25, 0.3) is 0 Å². The summed E-state index contributed by atoms with van der Waals surface area (Å²) in [5.74, 6) is -0.0652. The van der Waals surface area contributed by atoms with Crippen molar-refractivity contribution in [2.75, 3.05) is 13.1 Å². The molecule has 23 heavy (non-hydrogen) atoms. The third-order valence-corrected chi connectivity index (χ3v) is 3.93. The van der Waals surface area contributed by atoms with Gasteiger partial charge in [-0.3, -0.25) is 9.59 Å². The number of rotatable bonds is 6. The van der Waals surface area contributed by atoms with Gasteiger partial charge < -0.3 is 16.0 Å². The quantitative estimate of drug-likeness (QED) is 0.832. The molecule has 0 aromatic heterocycles. The molecule has 1 heterocycles. The van der Waals surface area contributed by atoms with Crippen LogP contribution in [0.2, 0.25) is 0 Å². The van der Waals surface area contributed by atoms with E-state index in [0.717, 1.165) is 24.8 Å². The molecule has 1 aliphatic rings. The van der Waals surface area contributed by atoms with Crippen molar-refractivity contribution in [3.05, 3.63) is 35.9 Å². The first-order valence-electron chi connectivity index (χ1n) is 7.97. The third kappa shape index (κ3) is 5.52. The van der Waals surface area contributed by atoms with E-state index in [2.05, 4.69) is 5.32 Å². The first kappa shape index (κ1) is 19.5. The Morgan fingerprint density at radius 3 is 2.61 bits per heavy atom. The fraction of sp³-hybridized carbons (Fsp3) is 0.529. The maximum atomic E-state index is 12.6. The van der Waals surface area contributed by atoms with Gasteiger partial charge in [0.25, 0.3) is 0 Å². The predicted molar refractivity (Wildman–Crippen MR) is 93.3 cm³/mol. The zero-order chi connectivity index (χ0) is 15.9. The van der Waals surface area contributed by atoms with E-state index in [1.807, 2.05) is 37.3 Å². The summed E-state index contributed by atoms with van der Waals surface area (Å²) >= 11 is 0. The van der Waals surface area contributed by atoms with Crippen molar-refractivity contribution in [1.29, 1.82) is 0 Å². The summed E-state index contributed by atoms with van der Waals surface area (Å²) in [6.45, 7) is 3.08. The Morgan fingerprint density at radius 2 is 2.00 bits per heavy atom. The molecular formula is C17H26ClN3O2. The van der Waals surface area contributed by atoms with Gasteiger partial charge >= 0.3 is 0 Å². The highest BCUT2D eigenvalue weighted by Gasteiger charge is 2.32. The number of benzene rings is 1. The van der Waals surface area contributed by atoms with Crippen LogP contribution < -0.4 is 11.1 Å². The SMILES string of the molecule is CC(N)CCNC(=O)C(c1ccccc1)N1CCCCC1=O.Cl. The molecule has 0 spiro atoms. The summed E-state index contributed by atoms with van der Waals surface area (Å²) in [5.41, 5.74) is 6.57. The minimum atomic E-state index is -0.540. The lowest BCUT2D eigenvalue weighted by atomic mass is 10.0. The molecule has 5 nitrogen and oxygen atoms in total. The van der Waals surface area contributed by atoms with Crippen LogP contribution in [0.4, 0.5) is 0 Å². The normalized spacial score (nSPS) is 17.1. The highest BCUT2D eigenvalue weighted by atomic mass is 35.5. The second-order valence-electron chi connectivity index (χ2n) is 5.91. The predicted octanol–water partition coefficient (Wildman–Crippen LogP) is 2.02. The van der Waals surface area contributed by atoms with Gasteiger partial charge in [-0.2, -0.15) is 0 Å². The molecule has 6 heteroatoms. The van der Waals surface area contributed by atoms with Gasteiger partial charge in [0, 0.05) is 25.6 Å². The second-order valence-corrected chi connectivity index (χ2v) is 5.91. The number of nitrogens with zero attached hydrogens (tertiary/aromatic N) is 1. The number of carbonyl (C=O) groups is 2. The van der Waals surface area contributed by atoms with Gasteiger partial charge in [0.05, 0.1) is 0 Å². The number of carbonyl (C=O) groups excluding carboxylic acids is 2. The smallest absolute Gasteiger partial charge is 0.247 e. The molecule has 128 valence electrons. The van der Waals surface area contributed by atoms with Gasteiger partial charge in [-0.1, -0.05) is 30.3 Å². The van der Waals surface area contributed by atoms with Gasteiger partial charge in [0.2, 0.25) is 11.8 Å². The van der Waals surface area contributed by atoms with Crippen molar-refractivity contribution in [1.82, 2.24) is 10.2 Å². The molecule has 0 bridgehead atoms. The van der Waals surface area contributed by atoms with E-state index in [-0.39, 0.29) is 30.3 Å². The van der Waals surface area contributed by atoms with Gasteiger partial charge in [0.15, 0.2) is 0 Å². The van der Waals surface area contributed by atoms with Crippen LogP contribution in [0.1, 0.15) is 44.2 Å². The van der Waals surface area contributed by atoms with Crippen molar-refractivity contribution < 1.29 is 9.59 Å². The highest BCUT2D eigenvalue weighted by Crippen LogP contribution is 2.25. The largest absolute Gasteiger partial charge is 0.354 e. The van der Waals surface area contributed by atoms with E-state index < -0.39 is 6.04 Å². The number of hydrogen-bond acceptors (Lipinski definition) is 3. The van der Waals surface area contributed by atoms with Gasteiger partial charge in [-0.25, -0.2) is 0 Å². The molecule has 0 saturated carbocycles. The van der Waals surface area contributed by atoms with E-state index in [0.29, 0.717) is 19.5 Å². The average molecular weight is 340 g/mol.